The number of thiol groups is 2. The van der Waals surface area contributed by atoms with Crippen LogP contribution in [0, 0.1) is 0 Å². The van der Waals surface area contributed by atoms with Crippen molar-refractivity contribution in [3.05, 3.63) is 88.2 Å². The first-order valence-electron chi connectivity index (χ1n) is 14.7. The number of ether oxygens (including phenoxy) is 1. The summed E-state index contributed by atoms with van der Waals surface area (Å²) >= 11 is 33.8. The second-order valence-electron chi connectivity index (χ2n) is 9.55. The van der Waals surface area contributed by atoms with Crippen LogP contribution in [0.25, 0.3) is 0 Å². The minimum Gasteiger partial charge on any atom is -0.466 e. The topological polar surface area (TPSA) is 26.3 Å². The van der Waals surface area contributed by atoms with Crippen LogP contribution in [0.5, 0.6) is 0 Å². The Morgan fingerprint density at radius 3 is 1.60 bits per heavy atom. The van der Waals surface area contributed by atoms with Crippen LogP contribution < -0.4 is 0 Å². The Labute approximate surface area is 352 Å². The van der Waals surface area contributed by atoms with Crippen LogP contribution in [0.4, 0.5) is 0 Å². The van der Waals surface area contributed by atoms with Gasteiger partial charge in [0.05, 0.1) is 51.2 Å². The average molecular weight is 920 g/mol. The van der Waals surface area contributed by atoms with E-state index in [1.807, 2.05) is 136 Å². The summed E-state index contributed by atoms with van der Waals surface area (Å²) < 4.78 is 17.5. The SMILES string of the molecule is CCOC(=O)CCSC1=C(SC)S/C(=C2/SC(CS)=C(SCc3ccc(CSC4=C(SC)S/C(=C5\SC(CC)=C(CS)S5)S4)cc3)S2)S1. The maximum Gasteiger partial charge on any atom is 0.306 e. The Bertz CT molecular complexity index is 1540. The van der Waals surface area contributed by atoms with Gasteiger partial charge in [0.1, 0.15) is 0 Å². The molecule has 0 radical (unpaired) electrons. The molecule has 0 amide bonds. The zero-order valence-electron chi connectivity index (χ0n) is 26.5. The third-order valence-corrected chi connectivity index (χ3v) is 26.3. The lowest BCUT2D eigenvalue weighted by molar-refractivity contribution is -0.142. The molecule has 1 aromatic carbocycles. The number of carbonyl (C=O) groups excluding carboxylic acids is 1. The molecule has 0 saturated heterocycles. The van der Waals surface area contributed by atoms with Gasteiger partial charge in [-0.05, 0) is 37.0 Å². The third-order valence-electron chi connectivity index (χ3n) is 6.37. The molecular formula is C31H34O2S15. The molecule has 0 fully saturated rings. The molecule has 5 rings (SSSR count). The highest BCUT2D eigenvalue weighted by Crippen LogP contribution is 2.66. The predicted molar refractivity (Wildman–Crippen MR) is 251 cm³/mol. The summed E-state index contributed by atoms with van der Waals surface area (Å²) in [5.74, 6) is 4.13. The van der Waals surface area contributed by atoms with E-state index < -0.39 is 0 Å². The van der Waals surface area contributed by atoms with Crippen molar-refractivity contribution in [2.24, 2.45) is 0 Å². The number of carbonyl (C=O) groups is 1. The van der Waals surface area contributed by atoms with Gasteiger partial charge in [0.25, 0.3) is 0 Å². The largest absolute Gasteiger partial charge is 0.466 e. The Balaban J connectivity index is 1.11. The molecule has 0 aromatic heterocycles. The zero-order chi connectivity index (χ0) is 34.0. The molecule has 0 aliphatic carbocycles. The molecule has 0 bridgehead atoms. The lowest BCUT2D eigenvalue weighted by Crippen LogP contribution is -2.04. The van der Waals surface area contributed by atoms with Gasteiger partial charge in [0, 0.05) is 43.5 Å². The van der Waals surface area contributed by atoms with Gasteiger partial charge in [-0.2, -0.15) is 25.3 Å². The van der Waals surface area contributed by atoms with Gasteiger partial charge in [-0.15, -0.1) is 58.8 Å². The van der Waals surface area contributed by atoms with Crippen molar-refractivity contribution in [1.29, 1.82) is 0 Å². The van der Waals surface area contributed by atoms with Crippen LogP contribution in [0.1, 0.15) is 37.8 Å². The number of esters is 1. The maximum atomic E-state index is 11.8. The first-order chi connectivity index (χ1) is 23.4. The Morgan fingerprint density at radius 1 is 0.625 bits per heavy atom. The fourth-order valence-electron chi connectivity index (χ4n) is 4.07. The summed E-state index contributed by atoms with van der Waals surface area (Å²) in [5.41, 5.74) is 2.71. The van der Waals surface area contributed by atoms with Crippen molar-refractivity contribution < 1.29 is 9.53 Å². The predicted octanol–water partition coefficient (Wildman–Crippen LogP) is 14.6. The van der Waals surface area contributed by atoms with Crippen LogP contribution in [0.3, 0.4) is 0 Å². The third kappa shape index (κ3) is 11.5. The van der Waals surface area contributed by atoms with Gasteiger partial charge in [0.2, 0.25) is 0 Å². The molecule has 4 aliphatic rings. The van der Waals surface area contributed by atoms with Gasteiger partial charge < -0.3 is 4.74 Å². The van der Waals surface area contributed by atoms with Crippen LogP contribution in [0.15, 0.2) is 77.1 Å². The number of hydrogen-bond donors (Lipinski definition) is 2. The Kier molecular flexibility index (Phi) is 18.6. The van der Waals surface area contributed by atoms with E-state index in [1.54, 1.807) is 23.5 Å². The van der Waals surface area contributed by atoms with Crippen molar-refractivity contribution in [1.82, 2.24) is 0 Å². The number of allylic oxidation sites excluding steroid dienone is 1. The highest BCUT2D eigenvalue weighted by molar-refractivity contribution is 8.44. The monoisotopic (exact) mass is 918 g/mol. The first-order valence-corrected chi connectivity index (χ1v) is 27.9. The van der Waals surface area contributed by atoms with Gasteiger partial charge in [0.15, 0.2) is 0 Å². The van der Waals surface area contributed by atoms with Crippen LogP contribution in [-0.2, 0) is 21.0 Å². The normalized spacial score (nSPS) is 21.6. The lowest BCUT2D eigenvalue weighted by Gasteiger charge is -2.07. The minimum absolute atomic E-state index is 0.119. The quantitative estimate of drug-likeness (QED) is 0.122. The summed E-state index contributed by atoms with van der Waals surface area (Å²) in [6.07, 6.45) is 5.85. The lowest BCUT2D eigenvalue weighted by atomic mass is 10.2. The van der Waals surface area contributed by atoms with E-state index in [9.17, 15) is 4.79 Å². The molecule has 0 unspecified atom stereocenters. The van der Waals surface area contributed by atoms with E-state index in [-0.39, 0.29) is 5.97 Å². The summed E-state index contributed by atoms with van der Waals surface area (Å²) in [7, 11) is 0. The smallest absolute Gasteiger partial charge is 0.306 e. The zero-order valence-corrected chi connectivity index (χ0v) is 38.9. The van der Waals surface area contributed by atoms with Crippen molar-refractivity contribution in [3.63, 3.8) is 0 Å². The molecule has 0 spiro atoms. The van der Waals surface area contributed by atoms with Crippen LogP contribution in [0.2, 0.25) is 0 Å². The van der Waals surface area contributed by atoms with Crippen molar-refractivity contribution in [2.45, 2.75) is 38.2 Å². The molecule has 0 N–H and O–H groups in total. The summed E-state index contributed by atoms with van der Waals surface area (Å²) in [6, 6.07) is 9.19. The van der Waals surface area contributed by atoms with Crippen molar-refractivity contribution >= 4 is 184 Å². The molecule has 48 heavy (non-hydrogen) atoms. The molecule has 2 nitrogen and oxygen atoms in total. The number of hydrogen-bond acceptors (Lipinski definition) is 17. The highest BCUT2D eigenvalue weighted by Gasteiger charge is 2.31. The van der Waals surface area contributed by atoms with Crippen molar-refractivity contribution in [2.75, 3.05) is 36.4 Å². The summed E-state index contributed by atoms with van der Waals surface area (Å²) in [4.78, 5) is 16.0. The number of benzene rings is 1. The molecule has 0 atom stereocenters. The standard InChI is InChI=1S/C31H34O2S15/c1-5-19-20(13-34)42-28(41-19)30-46-25(37-4)27(48-30)40-16-18-9-7-17(8-10-18)15-39-23-21(14-35)43-29(44-23)31-45-24(36-3)26(47-31)38-12-11-22(32)33-6-2/h7-10,34-35H,5-6,11-16H2,1-4H3/b30-28-,31-29+. The fourth-order valence-corrected chi connectivity index (χ4v) is 23.2. The van der Waals surface area contributed by atoms with E-state index >= 15 is 0 Å². The van der Waals surface area contributed by atoms with Crippen molar-refractivity contribution in [3.8, 4) is 0 Å². The molecule has 4 aliphatic heterocycles. The highest BCUT2D eigenvalue weighted by atomic mass is 32.3. The Hall–Kier alpha value is 2.38. The molecule has 4 heterocycles. The fraction of sp³-hybridized carbons (Fsp3) is 0.387. The van der Waals surface area contributed by atoms with E-state index in [1.165, 1.54) is 64.0 Å². The van der Waals surface area contributed by atoms with Gasteiger partial charge in [-0.1, -0.05) is 125 Å². The van der Waals surface area contributed by atoms with E-state index in [0.717, 1.165) is 35.2 Å². The van der Waals surface area contributed by atoms with Gasteiger partial charge >= 0.3 is 5.97 Å². The van der Waals surface area contributed by atoms with Crippen LogP contribution >= 0.6 is 178 Å². The molecule has 0 saturated carbocycles. The average Bonchev–Trinajstić information content (AvgIpc) is 3.90. The summed E-state index contributed by atoms with van der Waals surface area (Å²) in [5, 5.41) is 0. The van der Waals surface area contributed by atoms with Gasteiger partial charge in [-0.3, -0.25) is 4.79 Å². The summed E-state index contributed by atoms with van der Waals surface area (Å²) in [6.45, 7) is 4.53. The van der Waals surface area contributed by atoms with E-state index in [4.69, 9.17) is 4.74 Å². The molecular weight excluding hydrogens is 885 g/mol. The number of rotatable bonds is 16. The first kappa shape index (κ1) is 41.5. The Morgan fingerprint density at radius 2 is 1.08 bits per heavy atom. The molecule has 260 valence electrons. The minimum atomic E-state index is -0.119. The maximum absolute atomic E-state index is 11.8. The van der Waals surface area contributed by atoms with Gasteiger partial charge in [-0.25, -0.2) is 0 Å². The molecule has 17 heteroatoms. The number of thioether (sulfide) groups is 13. The van der Waals surface area contributed by atoms with Crippen LogP contribution in [-0.4, -0.2) is 42.3 Å². The second-order valence-corrected chi connectivity index (χ2v) is 25.6. The van der Waals surface area contributed by atoms with E-state index in [2.05, 4.69) is 69.0 Å². The van der Waals surface area contributed by atoms with E-state index in [0.29, 0.717) is 13.0 Å². The molecule has 1 aromatic rings. The second kappa shape index (κ2) is 21.5.